The molecule has 1 aliphatic heterocycles. The minimum Gasteiger partial charge on any atom is -0.347 e. The van der Waals surface area contributed by atoms with Crippen LogP contribution in [0.15, 0.2) is 38.4 Å². The molecule has 1 amide bonds. The third-order valence-corrected chi connectivity index (χ3v) is 5.45. The van der Waals surface area contributed by atoms with E-state index in [0.717, 1.165) is 34.4 Å². The van der Waals surface area contributed by atoms with Gasteiger partial charge in [-0.3, -0.25) is 14.2 Å². The van der Waals surface area contributed by atoms with Gasteiger partial charge in [0, 0.05) is 20.1 Å². The molecule has 11 heteroatoms. The van der Waals surface area contributed by atoms with Crippen molar-refractivity contribution in [1.29, 1.82) is 0 Å². The average molecular weight is 439 g/mol. The Morgan fingerprint density at radius 2 is 1.84 bits per heavy atom. The van der Waals surface area contributed by atoms with E-state index in [2.05, 4.69) is 25.5 Å². The van der Waals surface area contributed by atoms with Crippen LogP contribution in [0.5, 0.6) is 0 Å². The maximum atomic E-state index is 12.6. The van der Waals surface area contributed by atoms with Crippen molar-refractivity contribution in [2.75, 3.05) is 26.2 Å². The number of amides is 1. The van der Waals surface area contributed by atoms with Crippen molar-refractivity contribution in [1.82, 2.24) is 34.7 Å². The molecule has 1 aliphatic rings. The number of benzene rings is 1. The zero-order valence-corrected chi connectivity index (χ0v) is 18.1. The van der Waals surface area contributed by atoms with Crippen molar-refractivity contribution in [2.45, 2.75) is 26.2 Å². The molecular weight excluding hydrogens is 414 g/mol. The monoisotopic (exact) mass is 439 g/mol. The van der Waals surface area contributed by atoms with Crippen molar-refractivity contribution in [2.24, 2.45) is 7.05 Å². The Balaban J connectivity index is 1.54. The first-order valence-electron chi connectivity index (χ1n) is 10.6. The molecule has 3 heterocycles. The van der Waals surface area contributed by atoms with Gasteiger partial charge in [0.2, 0.25) is 5.82 Å². The van der Waals surface area contributed by atoms with Crippen LogP contribution < -0.4 is 16.6 Å². The fourth-order valence-corrected chi connectivity index (χ4v) is 3.57. The van der Waals surface area contributed by atoms with E-state index in [4.69, 9.17) is 4.52 Å². The predicted molar refractivity (Wildman–Crippen MR) is 116 cm³/mol. The summed E-state index contributed by atoms with van der Waals surface area (Å²) in [6, 6.07) is 7.09. The zero-order valence-electron chi connectivity index (χ0n) is 18.1. The largest absolute Gasteiger partial charge is 0.351 e. The smallest absolute Gasteiger partial charge is 0.347 e. The summed E-state index contributed by atoms with van der Waals surface area (Å²) in [7, 11) is 1.34. The van der Waals surface area contributed by atoms with Gasteiger partial charge >= 0.3 is 17.5 Å². The second-order valence-corrected chi connectivity index (χ2v) is 7.82. The highest BCUT2D eigenvalue weighted by Crippen LogP contribution is 2.11. The number of rotatable bonds is 6. The molecule has 0 unspecified atom stereocenters. The Bertz CT molecular complexity index is 1220. The molecule has 1 saturated heterocycles. The Morgan fingerprint density at radius 3 is 2.56 bits per heavy atom. The molecule has 32 heavy (non-hydrogen) atoms. The number of hydrogen-bond acceptors (Lipinski definition) is 8. The van der Waals surface area contributed by atoms with Crippen molar-refractivity contribution in [3.63, 3.8) is 0 Å². The van der Waals surface area contributed by atoms with Gasteiger partial charge in [-0.15, -0.1) is 0 Å². The number of likely N-dealkylation sites (tertiary alicyclic amines) is 1. The quantitative estimate of drug-likeness (QED) is 0.588. The fourth-order valence-electron chi connectivity index (χ4n) is 3.57. The maximum absolute atomic E-state index is 12.6. The summed E-state index contributed by atoms with van der Waals surface area (Å²) < 4.78 is 7.05. The van der Waals surface area contributed by atoms with Gasteiger partial charge < -0.3 is 14.7 Å². The van der Waals surface area contributed by atoms with Gasteiger partial charge in [0.15, 0.2) is 5.69 Å². The lowest BCUT2D eigenvalue weighted by Crippen LogP contribution is -2.40. The first-order chi connectivity index (χ1) is 15.4. The molecule has 1 fully saturated rings. The summed E-state index contributed by atoms with van der Waals surface area (Å²) in [4.78, 5) is 43.9. The zero-order chi connectivity index (χ0) is 22.7. The van der Waals surface area contributed by atoms with E-state index in [1.807, 2.05) is 19.1 Å². The lowest BCUT2D eigenvalue weighted by atomic mass is 10.1. The molecule has 0 spiro atoms. The van der Waals surface area contributed by atoms with Gasteiger partial charge in [0.05, 0.1) is 5.69 Å². The maximum Gasteiger partial charge on any atom is 0.351 e. The molecule has 0 atom stereocenters. The summed E-state index contributed by atoms with van der Waals surface area (Å²) >= 11 is 0. The molecule has 2 aromatic heterocycles. The Hall–Kier alpha value is -3.60. The SMILES string of the molecule is Cc1ccc(-n2nc(-c3noc(C(=O)NCCN4CCCCC4)n3)c(=O)n(C)c2=O)cc1. The summed E-state index contributed by atoms with van der Waals surface area (Å²) in [5.41, 5.74) is 0.0133. The summed E-state index contributed by atoms with van der Waals surface area (Å²) in [6.45, 7) is 5.19. The fraction of sp³-hybridized carbons (Fsp3) is 0.429. The van der Waals surface area contributed by atoms with Crippen LogP contribution in [0.2, 0.25) is 0 Å². The van der Waals surface area contributed by atoms with Crippen LogP contribution in [0.3, 0.4) is 0 Å². The lowest BCUT2D eigenvalue weighted by molar-refractivity contribution is 0.0903. The van der Waals surface area contributed by atoms with Gasteiger partial charge in [-0.2, -0.15) is 14.8 Å². The number of carbonyl (C=O) groups excluding carboxylic acids is 1. The van der Waals surface area contributed by atoms with Crippen LogP contribution in [-0.4, -0.2) is 61.5 Å². The van der Waals surface area contributed by atoms with E-state index in [1.54, 1.807) is 12.1 Å². The lowest BCUT2D eigenvalue weighted by Gasteiger charge is -2.26. The van der Waals surface area contributed by atoms with E-state index in [1.165, 1.54) is 26.3 Å². The second kappa shape index (κ2) is 9.27. The summed E-state index contributed by atoms with van der Waals surface area (Å²) in [5, 5.41) is 10.6. The molecule has 0 bridgehead atoms. The van der Waals surface area contributed by atoms with E-state index in [-0.39, 0.29) is 17.4 Å². The number of nitrogens with zero attached hydrogens (tertiary/aromatic N) is 6. The first-order valence-corrected chi connectivity index (χ1v) is 10.6. The molecule has 11 nitrogen and oxygen atoms in total. The highest BCUT2D eigenvalue weighted by molar-refractivity contribution is 5.89. The van der Waals surface area contributed by atoms with E-state index < -0.39 is 17.2 Å². The Kier molecular flexibility index (Phi) is 6.26. The van der Waals surface area contributed by atoms with Crippen LogP contribution in [0.1, 0.15) is 35.5 Å². The number of piperidine rings is 1. The van der Waals surface area contributed by atoms with Crippen LogP contribution in [-0.2, 0) is 7.05 Å². The number of carbonyl (C=O) groups is 1. The molecule has 1 N–H and O–H groups in total. The number of aromatic nitrogens is 5. The Labute approximate surface area is 183 Å². The normalized spacial score (nSPS) is 14.4. The third kappa shape index (κ3) is 4.52. The minimum absolute atomic E-state index is 0.160. The predicted octanol–water partition coefficient (Wildman–Crippen LogP) is 0.505. The van der Waals surface area contributed by atoms with Gasteiger partial charge in [-0.05, 0) is 45.0 Å². The number of nitrogens with one attached hydrogen (secondary N) is 1. The van der Waals surface area contributed by atoms with Crippen molar-refractivity contribution in [3.8, 4) is 17.2 Å². The first kappa shape index (κ1) is 21.6. The van der Waals surface area contributed by atoms with Crippen LogP contribution in [0, 0.1) is 6.92 Å². The van der Waals surface area contributed by atoms with Crippen molar-refractivity contribution < 1.29 is 9.32 Å². The average Bonchev–Trinajstić information content (AvgIpc) is 3.29. The van der Waals surface area contributed by atoms with Gasteiger partial charge in [-0.1, -0.05) is 29.3 Å². The van der Waals surface area contributed by atoms with E-state index in [9.17, 15) is 14.4 Å². The molecular formula is C21H25N7O4. The molecule has 3 aromatic rings. The molecule has 0 aliphatic carbocycles. The number of hydrogen-bond donors (Lipinski definition) is 1. The third-order valence-electron chi connectivity index (χ3n) is 5.45. The number of aryl methyl sites for hydroxylation is 1. The highest BCUT2D eigenvalue weighted by atomic mass is 16.5. The van der Waals surface area contributed by atoms with Gasteiger partial charge in [-0.25, -0.2) is 4.79 Å². The summed E-state index contributed by atoms with van der Waals surface area (Å²) in [5.74, 6) is -0.951. The molecule has 168 valence electrons. The molecule has 4 rings (SSSR count). The Morgan fingerprint density at radius 1 is 1.12 bits per heavy atom. The van der Waals surface area contributed by atoms with Crippen LogP contribution >= 0.6 is 0 Å². The molecule has 0 saturated carbocycles. The van der Waals surface area contributed by atoms with E-state index >= 15 is 0 Å². The van der Waals surface area contributed by atoms with E-state index in [0.29, 0.717) is 12.2 Å². The summed E-state index contributed by atoms with van der Waals surface area (Å²) in [6.07, 6.45) is 3.60. The van der Waals surface area contributed by atoms with Crippen LogP contribution in [0.25, 0.3) is 17.2 Å². The molecule has 1 aromatic carbocycles. The topological polar surface area (TPSA) is 128 Å². The van der Waals surface area contributed by atoms with Crippen LogP contribution in [0.4, 0.5) is 0 Å². The standard InChI is InChI=1S/C21H25N7O4/c1-14-6-8-15(9-7-14)28-21(31)26(2)20(30)16(24-28)17-23-19(32-25-17)18(29)22-10-13-27-11-4-3-5-12-27/h6-9H,3-5,10-13H2,1-2H3,(H,22,29). The minimum atomic E-state index is -0.684. The second-order valence-electron chi connectivity index (χ2n) is 7.82. The highest BCUT2D eigenvalue weighted by Gasteiger charge is 2.22. The van der Waals surface area contributed by atoms with Gasteiger partial charge in [0.25, 0.3) is 5.56 Å². The van der Waals surface area contributed by atoms with Gasteiger partial charge in [0.1, 0.15) is 0 Å². The molecule has 0 radical (unpaired) electrons. The van der Waals surface area contributed by atoms with Crippen molar-refractivity contribution in [3.05, 3.63) is 56.6 Å². The van der Waals surface area contributed by atoms with Crippen molar-refractivity contribution >= 4 is 5.91 Å².